The number of nitrogens with zero attached hydrogens (tertiary/aromatic N) is 1. The molecule has 0 aromatic heterocycles. The lowest BCUT2D eigenvalue weighted by molar-refractivity contribution is 0.161. The van der Waals surface area contributed by atoms with Crippen LogP contribution < -0.4 is 10.9 Å². The number of nitrogens with one attached hydrogen (secondary N) is 2. The Hall–Kier alpha value is -3.40. The molecule has 2 N–H and O–H groups in total. The number of anilines is 1. The van der Waals surface area contributed by atoms with E-state index in [4.69, 9.17) is 0 Å². The number of hydrazine groups is 1. The summed E-state index contributed by atoms with van der Waals surface area (Å²) in [6.45, 7) is 2.68. The van der Waals surface area contributed by atoms with Gasteiger partial charge in [-0.3, -0.25) is 4.90 Å². The fourth-order valence-electron chi connectivity index (χ4n) is 4.97. The highest BCUT2D eigenvalue weighted by Crippen LogP contribution is 2.36. The van der Waals surface area contributed by atoms with Crippen LogP contribution in [0.15, 0.2) is 109 Å². The van der Waals surface area contributed by atoms with E-state index < -0.39 is 0 Å². The van der Waals surface area contributed by atoms with Crippen LogP contribution in [0.25, 0.3) is 0 Å². The third kappa shape index (κ3) is 5.74. The molecule has 0 saturated heterocycles. The lowest BCUT2D eigenvalue weighted by atomic mass is 9.86. The largest absolute Gasteiger partial charge is 0.321 e. The Labute approximate surface area is 203 Å². The van der Waals surface area contributed by atoms with Crippen LogP contribution in [0.5, 0.6) is 0 Å². The minimum Gasteiger partial charge on any atom is -0.321 e. The summed E-state index contributed by atoms with van der Waals surface area (Å²) in [5, 5.41) is 0. The van der Waals surface area contributed by atoms with Crippen LogP contribution in [-0.4, -0.2) is 4.90 Å². The number of fused-ring (bicyclic) bond motifs is 1. The van der Waals surface area contributed by atoms with Crippen molar-refractivity contribution in [3.05, 3.63) is 137 Å². The third-order valence-electron chi connectivity index (χ3n) is 6.71. The molecule has 0 saturated carbocycles. The number of hydrogen-bond donors (Lipinski definition) is 2. The van der Waals surface area contributed by atoms with E-state index >= 15 is 0 Å². The van der Waals surface area contributed by atoms with Gasteiger partial charge in [0.15, 0.2) is 0 Å². The second kappa shape index (κ2) is 11.1. The van der Waals surface area contributed by atoms with Crippen LogP contribution in [0.2, 0.25) is 0 Å². The first-order valence-corrected chi connectivity index (χ1v) is 12.3. The van der Waals surface area contributed by atoms with E-state index in [1.165, 1.54) is 47.1 Å². The van der Waals surface area contributed by atoms with Gasteiger partial charge in [-0.2, -0.15) is 0 Å². The molecule has 1 aliphatic rings. The molecule has 1 aliphatic carbocycles. The normalized spacial score (nSPS) is 15.1. The topological polar surface area (TPSA) is 27.3 Å². The van der Waals surface area contributed by atoms with Crippen molar-refractivity contribution in [1.82, 2.24) is 10.3 Å². The predicted molar refractivity (Wildman–Crippen MR) is 141 cm³/mol. The molecule has 4 aromatic carbocycles. The van der Waals surface area contributed by atoms with E-state index in [0.29, 0.717) is 6.04 Å². The second-order valence-corrected chi connectivity index (χ2v) is 9.16. The van der Waals surface area contributed by atoms with Gasteiger partial charge in [0.2, 0.25) is 0 Å². The summed E-state index contributed by atoms with van der Waals surface area (Å²) in [4.78, 5) is 2.66. The molecule has 172 valence electrons. The van der Waals surface area contributed by atoms with Crippen LogP contribution in [0, 0.1) is 0 Å². The summed E-state index contributed by atoms with van der Waals surface area (Å²) < 4.78 is 0. The van der Waals surface area contributed by atoms with Gasteiger partial charge in [-0.05, 0) is 59.2 Å². The van der Waals surface area contributed by atoms with Crippen molar-refractivity contribution in [2.45, 2.75) is 44.9 Å². The first-order valence-electron chi connectivity index (χ1n) is 12.3. The van der Waals surface area contributed by atoms with Gasteiger partial charge in [0, 0.05) is 31.4 Å². The molecule has 0 spiro atoms. The Morgan fingerprint density at radius 2 is 1.26 bits per heavy atom. The van der Waals surface area contributed by atoms with E-state index in [0.717, 1.165) is 25.3 Å². The van der Waals surface area contributed by atoms with E-state index in [-0.39, 0.29) is 0 Å². The minimum atomic E-state index is 0.454. The van der Waals surface area contributed by atoms with Gasteiger partial charge in [0.25, 0.3) is 0 Å². The molecule has 0 radical (unpaired) electrons. The molecule has 34 heavy (non-hydrogen) atoms. The fourth-order valence-corrected chi connectivity index (χ4v) is 4.97. The Bertz CT molecular complexity index is 1160. The van der Waals surface area contributed by atoms with Gasteiger partial charge in [0.05, 0.1) is 0 Å². The number of rotatable bonds is 9. The highest BCUT2D eigenvalue weighted by atomic mass is 15.3. The molecule has 4 aromatic rings. The van der Waals surface area contributed by atoms with Crippen molar-refractivity contribution in [2.24, 2.45) is 0 Å². The lowest BCUT2D eigenvalue weighted by Crippen LogP contribution is -2.30. The van der Waals surface area contributed by atoms with Gasteiger partial charge < -0.3 is 5.43 Å². The molecule has 5 rings (SSSR count). The van der Waals surface area contributed by atoms with Gasteiger partial charge in [-0.1, -0.05) is 97.1 Å². The highest BCUT2D eigenvalue weighted by molar-refractivity contribution is 5.44. The molecule has 3 heteroatoms. The van der Waals surface area contributed by atoms with Crippen molar-refractivity contribution < 1.29 is 0 Å². The summed E-state index contributed by atoms with van der Waals surface area (Å²) in [5.74, 6) is 0. The van der Waals surface area contributed by atoms with Gasteiger partial charge >= 0.3 is 0 Å². The number of aryl methyl sites for hydroxylation is 1. The maximum atomic E-state index is 3.33. The van der Waals surface area contributed by atoms with Crippen molar-refractivity contribution in [1.29, 1.82) is 0 Å². The molecule has 0 bridgehead atoms. The minimum absolute atomic E-state index is 0.454. The monoisotopic (exact) mass is 447 g/mol. The second-order valence-electron chi connectivity index (χ2n) is 9.16. The van der Waals surface area contributed by atoms with E-state index in [1.54, 1.807) is 0 Å². The van der Waals surface area contributed by atoms with E-state index in [1.807, 2.05) is 6.07 Å². The molecular formula is C31H33N3. The Morgan fingerprint density at radius 1 is 0.647 bits per heavy atom. The maximum Gasteiger partial charge on any atom is 0.0487 e. The Morgan fingerprint density at radius 3 is 2.00 bits per heavy atom. The summed E-state index contributed by atoms with van der Waals surface area (Å²) in [5.41, 5.74) is 14.7. The molecular weight excluding hydrogens is 414 g/mol. The van der Waals surface area contributed by atoms with Crippen molar-refractivity contribution >= 4 is 5.69 Å². The standard InChI is InChI=1S/C31H33N3/c1-3-10-25(11-4-1)22-32-33-29-20-18-27(19-21-29)24-34(23-26-12-5-2-6-13-26)31-17-9-15-28-14-7-8-16-30(28)31/h1-8,10-14,16,18-21,31-33H,9,15,17,22-24H2. The quantitative estimate of drug-likeness (QED) is 0.274. The first kappa shape index (κ1) is 22.4. The summed E-state index contributed by atoms with van der Waals surface area (Å²) in [6, 6.07) is 39.6. The van der Waals surface area contributed by atoms with Gasteiger partial charge in [-0.15, -0.1) is 0 Å². The average Bonchev–Trinajstić information content (AvgIpc) is 2.90. The van der Waals surface area contributed by atoms with Crippen molar-refractivity contribution in [3.63, 3.8) is 0 Å². The molecule has 0 heterocycles. The zero-order chi connectivity index (χ0) is 23.0. The molecule has 1 unspecified atom stereocenters. The summed E-state index contributed by atoms with van der Waals surface area (Å²) >= 11 is 0. The Kier molecular flexibility index (Phi) is 7.34. The molecule has 0 fully saturated rings. The molecule has 0 amide bonds. The molecule has 1 atom stereocenters. The molecule has 0 aliphatic heterocycles. The zero-order valence-corrected chi connectivity index (χ0v) is 19.7. The number of hydrogen-bond acceptors (Lipinski definition) is 3. The smallest absolute Gasteiger partial charge is 0.0487 e. The third-order valence-corrected chi connectivity index (χ3v) is 6.71. The summed E-state index contributed by atoms with van der Waals surface area (Å²) in [7, 11) is 0. The maximum absolute atomic E-state index is 3.33. The lowest BCUT2D eigenvalue weighted by Gasteiger charge is -2.36. The van der Waals surface area contributed by atoms with Crippen molar-refractivity contribution in [2.75, 3.05) is 5.43 Å². The van der Waals surface area contributed by atoms with Crippen LogP contribution in [0.3, 0.4) is 0 Å². The van der Waals surface area contributed by atoms with Crippen LogP contribution in [-0.2, 0) is 26.1 Å². The van der Waals surface area contributed by atoms with Gasteiger partial charge in [0.1, 0.15) is 0 Å². The van der Waals surface area contributed by atoms with E-state index in [2.05, 4.69) is 119 Å². The SMILES string of the molecule is c1ccc(CNNc2ccc(CN(Cc3ccccc3)C3CCCc4ccccc43)cc2)cc1. The average molecular weight is 448 g/mol. The van der Waals surface area contributed by atoms with Crippen LogP contribution in [0.4, 0.5) is 5.69 Å². The first-order chi connectivity index (χ1) is 16.8. The summed E-state index contributed by atoms with van der Waals surface area (Å²) in [6.07, 6.45) is 3.66. The molecule has 3 nitrogen and oxygen atoms in total. The fraction of sp³-hybridized carbons (Fsp3) is 0.226. The van der Waals surface area contributed by atoms with E-state index in [9.17, 15) is 0 Å². The number of benzene rings is 4. The van der Waals surface area contributed by atoms with Crippen molar-refractivity contribution in [3.8, 4) is 0 Å². The van der Waals surface area contributed by atoms with Crippen LogP contribution >= 0.6 is 0 Å². The Balaban J connectivity index is 1.28. The van der Waals surface area contributed by atoms with Crippen LogP contribution in [0.1, 0.15) is 46.7 Å². The zero-order valence-electron chi connectivity index (χ0n) is 19.7. The highest BCUT2D eigenvalue weighted by Gasteiger charge is 2.26. The predicted octanol–water partition coefficient (Wildman–Crippen LogP) is 6.88. The van der Waals surface area contributed by atoms with Gasteiger partial charge in [-0.25, -0.2) is 5.43 Å².